The fraction of sp³-hybridized carbons (Fsp3) is 0.692. The predicted octanol–water partition coefficient (Wildman–Crippen LogP) is 0.361. The van der Waals surface area contributed by atoms with Crippen LogP contribution < -0.4 is 16.0 Å². The Kier molecular flexibility index (Phi) is 3.52. The standard InChI is InChI=1S/C13H21N5O/c1-15-10-2-4-18(7-10)12-6-11(16-13(14)17-12)9-3-5-19-8-9/h6,9-10,15H,2-5,7-8H2,1H3,(H2,14,16,17)/t9-,10?/m0/s1. The first-order valence-electron chi connectivity index (χ1n) is 6.90. The maximum Gasteiger partial charge on any atom is 0.222 e. The van der Waals surface area contributed by atoms with E-state index in [4.69, 9.17) is 10.5 Å². The highest BCUT2D eigenvalue weighted by Crippen LogP contribution is 2.27. The van der Waals surface area contributed by atoms with Crippen LogP contribution >= 0.6 is 0 Å². The zero-order valence-corrected chi connectivity index (χ0v) is 11.3. The number of ether oxygens (including phenoxy) is 1. The largest absolute Gasteiger partial charge is 0.381 e. The smallest absolute Gasteiger partial charge is 0.222 e. The SMILES string of the molecule is CNC1CCN(c2cc([C@H]3CCOC3)nc(N)n2)C1. The van der Waals surface area contributed by atoms with Crippen LogP contribution in [0.3, 0.4) is 0 Å². The summed E-state index contributed by atoms with van der Waals surface area (Å²) in [5, 5.41) is 3.31. The second kappa shape index (κ2) is 5.30. The molecule has 104 valence electrons. The van der Waals surface area contributed by atoms with Crippen molar-refractivity contribution in [2.75, 3.05) is 44.0 Å². The van der Waals surface area contributed by atoms with E-state index in [2.05, 4.69) is 26.3 Å². The van der Waals surface area contributed by atoms with Gasteiger partial charge in [0.15, 0.2) is 0 Å². The van der Waals surface area contributed by atoms with Crippen LogP contribution in [0.25, 0.3) is 0 Å². The van der Waals surface area contributed by atoms with E-state index in [1.54, 1.807) is 0 Å². The molecule has 3 N–H and O–H groups in total. The quantitative estimate of drug-likeness (QED) is 0.820. The molecule has 2 aliphatic rings. The summed E-state index contributed by atoms with van der Waals surface area (Å²) in [6.07, 6.45) is 2.16. The van der Waals surface area contributed by atoms with E-state index in [-0.39, 0.29) is 0 Å². The Morgan fingerprint density at radius 2 is 2.32 bits per heavy atom. The van der Waals surface area contributed by atoms with Gasteiger partial charge >= 0.3 is 0 Å². The number of nitrogens with zero attached hydrogens (tertiary/aromatic N) is 3. The van der Waals surface area contributed by atoms with Crippen LogP contribution in [-0.2, 0) is 4.74 Å². The van der Waals surface area contributed by atoms with Gasteiger partial charge in [0.1, 0.15) is 5.82 Å². The van der Waals surface area contributed by atoms with Crippen molar-refractivity contribution in [1.29, 1.82) is 0 Å². The van der Waals surface area contributed by atoms with Crippen LogP contribution in [0.4, 0.5) is 11.8 Å². The molecule has 19 heavy (non-hydrogen) atoms. The summed E-state index contributed by atoms with van der Waals surface area (Å²) in [4.78, 5) is 11.0. The molecule has 2 atom stereocenters. The first kappa shape index (κ1) is 12.6. The molecule has 1 unspecified atom stereocenters. The van der Waals surface area contributed by atoms with E-state index in [0.29, 0.717) is 17.9 Å². The van der Waals surface area contributed by atoms with Gasteiger partial charge in [-0.2, -0.15) is 4.98 Å². The Morgan fingerprint density at radius 3 is 3.00 bits per heavy atom. The summed E-state index contributed by atoms with van der Waals surface area (Å²) in [5.74, 6) is 1.69. The third-order valence-corrected chi connectivity index (χ3v) is 4.02. The number of likely N-dealkylation sites (N-methyl/N-ethyl adjacent to an activating group) is 1. The van der Waals surface area contributed by atoms with E-state index in [0.717, 1.165) is 50.7 Å². The molecular weight excluding hydrogens is 242 g/mol. The average Bonchev–Trinajstić information content (AvgIpc) is 3.09. The van der Waals surface area contributed by atoms with Gasteiger partial charge in [-0.05, 0) is 19.9 Å². The molecule has 6 nitrogen and oxygen atoms in total. The Balaban J connectivity index is 1.81. The molecule has 2 fully saturated rings. The van der Waals surface area contributed by atoms with Gasteiger partial charge in [0.05, 0.1) is 12.3 Å². The van der Waals surface area contributed by atoms with Crippen molar-refractivity contribution in [2.45, 2.75) is 24.8 Å². The molecule has 0 spiro atoms. The molecule has 0 bridgehead atoms. The molecule has 0 radical (unpaired) electrons. The van der Waals surface area contributed by atoms with Crippen molar-refractivity contribution < 1.29 is 4.74 Å². The number of nitrogens with one attached hydrogen (secondary N) is 1. The maximum absolute atomic E-state index is 5.86. The lowest BCUT2D eigenvalue weighted by Gasteiger charge is -2.19. The van der Waals surface area contributed by atoms with Crippen LogP contribution in [0.2, 0.25) is 0 Å². The van der Waals surface area contributed by atoms with Gasteiger partial charge < -0.3 is 20.7 Å². The maximum atomic E-state index is 5.86. The molecule has 2 saturated heterocycles. The van der Waals surface area contributed by atoms with Crippen LogP contribution in [0, 0.1) is 0 Å². The highest BCUT2D eigenvalue weighted by Gasteiger charge is 2.25. The van der Waals surface area contributed by atoms with Gasteiger partial charge in [-0.15, -0.1) is 0 Å². The van der Waals surface area contributed by atoms with Crippen molar-refractivity contribution in [3.63, 3.8) is 0 Å². The van der Waals surface area contributed by atoms with Gasteiger partial charge in [-0.1, -0.05) is 0 Å². The van der Waals surface area contributed by atoms with E-state index in [1.165, 1.54) is 0 Å². The van der Waals surface area contributed by atoms with E-state index < -0.39 is 0 Å². The zero-order valence-electron chi connectivity index (χ0n) is 11.3. The molecule has 3 rings (SSSR count). The van der Waals surface area contributed by atoms with Gasteiger partial charge in [0.25, 0.3) is 0 Å². The number of anilines is 2. The number of nitrogens with two attached hydrogens (primary N) is 1. The summed E-state index contributed by atoms with van der Waals surface area (Å²) in [6.45, 7) is 3.56. The number of nitrogen functional groups attached to an aromatic ring is 1. The first-order valence-corrected chi connectivity index (χ1v) is 6.90. The second-order valence-electron chi connectivity index (χ2n) is 5.29. The molecular formula is C13H21N5O. The summed E-state index contributed by atoms with van der Waals surface area (Å²) in [7, 11) is 2.00. The molecule has 0 aromatic carbocycles. The minimum atomic E-state index is 0.367. The Bertz CT molecular complexity index is 447. The van der Waals surface area contributed by atoms with Gasteiger partial charge in [-0.25, -0.2) is 4.98 Å². The highest BCUT2D eigenvalue weighted by atomic mass is 16.5. The Morgan fingerprint density at radius 1 is 1.42 bits per heavy atom. The molecule has 1 aromatic heterocycles. The Labute approximate surface area is 113 Å². The lowest BCUT2D eigenvalue weighted by Crippen LogP contribution is -2.30. The van der Waals surface area contributed by atoms with Crippen LogP contribution in [0.1, 0.15) is 24.5 Å². The fourth-order valence-corrected chi connectivity index (χ4v) is 2.81. The molecule has 0 aliphatic carbocycles. The van der Waals surface area contributed by atoms with Crippen LogP contribution in [-0.4, -0.2) is 49.4 Å². The lowest BCUT2D eigenvalue weighted by molar-refractivity contribution is 0.193. The van der Waals surface area contributed by atoms with Crippen molar-refractivity contribution in [2.24, 2.45) is 0 Å². The lowest BCUT2D eigenvalue weighted by atomic mass is 10.0. The summed E-state index contributed by atoms with van der Waals surface area (Å²) in [6, 6.07) is 2.61. The normalized spacial score (nSPS) is 27.1. The second-order valence-corrected chi connectivity index (χ2v) is 5.29. The minimum absolute atomic E-state index is 0.367. The van der Waals surface area contributed by atoms with Crippen molar-refractivity contribution in [3.8, 4) is 0 Å². The summed E-state index contributed by atoms with van der Waals surface area (Å²) in [5.41, 5.74) is 6.88. The Hall–Kier alpha value is -1.40. The van der Waals surface area contributed by atoms with Gasteiger partial charge in [-0.3, -0.25) is 0 Å². The van der Waals surface area contributed by atoms with Gasteiger partial charge in [0, 0.05) is 37.7 Å². The number of aromatic nitrogens is 2. The average molecular weight is 263 g/mol. The summed E-state index contributed by atoms with van der Waals surface area (Å²) >= 11 is 0. The monoisotopic (exact) mass is 263 g/mol. The molecule has 3 heterocycles. The van der Waals surface area contributed by atoms with E-state index >= 15 is 0 Å². The van der Waals surface area contributed by atoms with Crippen molar-refractivity contribution in [1.82, 2.24) is 15.3 Å². The van der Waals surface area contributed by atoms with Crippen molar-refractivity contribution >= 4 is 11.8 Å². The molecule has 1 aromatic rings. The topological polar surface area (TPSA) is 76.3 Å². The summed E-state index contributed by atoms with van der Waals surface area (Å²) < 4.78 is 5.43. The first-order chi connectivity index (χ1) is 9.26. The predicted molar refractivity (Wildman–Crippen MR) is 74.3 cm³/mol. The van der Waals surface area contributed by atoms with Crippen LogP contribution in [0.15, 0.2) is 6.07 Å². The molecule has 2 aliphatic heterocycles. The number of rotatable bonds is 3. The fourth-order valence-electron chi connectivity index (χ4n) is 2.81. The number of hydrogen-bond donors (Lipinski definition) is 2. The zero-order chi connectivity index (χ0) is 13.2. The third-order valence-electron chi connectivity index (χ3n) is 4.02. The molecule has 0 amide bonds. The van der Waals surface area contributed by atoms with Crippen LogP contribution in [0.5, 0.6) is 0 Å². The highest BCUT2D eigenvalue weighted by molar-refractivity contribution is 5.45. The van der Waals surface area contributed by atoms with E-state index in [1.807, 2.05) is 7.05 Å². The van der Waals surface area contributed by atoms with Gasteiger partial charge in [0.2, 0.25) is 5.95 Å². The van der Waals surface area contributed by atoms with Crippen molar-refractivity contribution in [3.05, 3.63) is 11.8 Å². The number of hydrogen-bond acceptors (Lipinski definition) is 6. The third kappa shape index (κ3) is 2.64. The van der Waals surface area contributed by atoms with E-state index in [9.17, 15) is 0 Å². The molecule has 0 saturated carbocycles. The molecule has 6 heteroatoms. The minimum Gasteiger partial charge on any atom is -0.381 e.